The molecule has 10 aromatic carbocycles. The van der Waals surface area contributed by atoms with Gasteiger partial charge in [0.25, 0.3) is 0 Å². The van der Waals surface area contributed by atoms with E-state index < -0.39 is 0 Å². The van der Waals surface area contributed by atoms with Crippen molar-refractivity contribution >= 4 is 54.3 Å². The Kier molecular flexibility index (Phi) is 7.04. The van der Waals surface area contributed by atoms with Crippen molar-refractivity contribution in [1.29, 1.82) is 0 Å². The molecule has 11 aromatic rings. The predicted molar refractivity (Wildman–Crippen MR) is 246 cm³/mol. The van der Waals surface area contributed by atoms with E-state index >= 15 is 0 Å². The van der Waals surface area contributed by atoms with E-state index in [-0.39, 0.29) is 5.41 Å². The van der Waals surface area contributed by atoms with E-state index in [2.05, 4.69) is 196 Å². The van der Waals surface area contributed by atoms with Crippen LogP contribution in [0, 0.1) is 0 Å². The second kappa shape index (κ2) is 12.4. The second-order valence-electron chi connectivity index (χ2n) is 16.4. The average molecular weight is 739 g/mol. The van der Waals surface area contributed by atoms with Crippen LogP contribution in [0.5, 0.6) is 0 Å². The Labute approximate surface area is 337 Å². The Balaban J connectivity index is 0.955. The third-order valence-corrected chi connectivity index (χ3v) is 12.8. The van der Waals surface area contributed by atoms with Crippen molar-refractivity contribution in [1.82, 2.24) is 0 Å². The number of rotatable bonds is 4. The Bertz CT molecular complexity index is 3390. The van der Waals surface area contributed by atoms with Gasteiger partial charge in [-0.05, 0) is 129 Å². The smallest absolute Gasteiger partial charge is 0.135 e. The summed E-state index contributed by atoms with van der Waals surface area (Å²) in [7, 11) is 0. The molecule has 1 heterocycles. The summed E-state index contributed by atoms with van der Waals surface area (Å²) in [5.41, 5.74) is 17.1. The molecule has 0 radical (unpaired) electrons. The minimum Gasteiger partial charge on any atom is -0.456 e. The molecule has 58 heavy (non-hydrogen) atoms. The highest BCUT2D eigenvalue weighted by Crippen LogP contribution is 2.53. The van der Waals surface area contributed by atoms with Gasteiger partial charge in [0.2, 0.25) is 0 Å². The molecule has 0 aliphatic heterocycles. The Morgan fingerprint density at radius 3 is 1.45 bits per heavy atom. The fourth-order valence-electron chi connectivity index (χ4n) is 10.1. The summed E-state index contributed by atoms with van der Waals surface area (Å²) in [6.45, 7) is 4.78. The molecule has 1 aromatic heterocycles. The fraction of sp³-hybridized carbons (Fsp3) is 0.0526. The van der Waals surface area contributed by atoms with E-state index in [9.17, 15) is 0 Å². The molecule has 0 atom stereocenters. The van der Waals surface area contributed by atoms with Crippen molar-refractivity contribution in [3.63, 3.8) is 0 Å². The molecule has 272 valence electrons. The van der Waals surface area contributed by atoms with Crippen molar-refractivity contribution in [2.24, 2.45) is 0 Å². The van der Waals surface area contributed by atoms with E-state index in [0.29, 0.717) is 0 Å². The van der Waals surface area contributed by atoms with Crippen molar-refractivity contribution in [3.05, 3.63) is 205 Å². The van der Waals surface area contributed by atoms with Crippen LogP contribution in [-0.2, 0) is 5.41 Å². The molecular weight excluding hydrogens is 701 g/mol. The third kappa shape index (κ3) is 4.83. The number of hydrogen-bond acceptors (Lipinski definition) is 1. The first-order chi connectivity index (χ1) is 28.5. The van der Waals surface area contributed by atoms with E-state index in [4.69, 9.17) is 4.42 Å². The number of fused-ring (bicyclic) bond motifs is 9. The molecule has 1 aliphatic rings. The minimum absolute atomic E-state index is 0.118. The van der Waals surface area contributed by atoms with E-state index in [0.717, 1.165) is 21.9 Å². The maximum absolute atomic E-state index is 6.12. The first kappa shape index (κ1) is 33.0. The lowest BCUT2D eigenvalue weighted by molar-refractivity contribution is 0.663. The van der Waals surface area contributed by atoms with Crippen molar-refractivity contribution in [3.8, 4) is 55.6 Å². The SMILES string of the molecule is CC1(C)c2cc3ccccc3cc2-c2cccc(-c3ccc(-c4c5ccccc5c(-c5ccc(-c6ccc7oc8ccccc8c7c6)cc5)c5ccccc45)cc3)c21. The zero-order chi connectivity index (χ0) is 38.5. The average Bonchev–Trinajstić information content (AvgIpc) is 3.76. The first-order valence-corrected chi connectivity index (χ1v) is 20.2. The summed E-state index contributed by atoms with van der Waals surface area (Å²) < 4.78 is 6.12. The monoisotopic (exact) mass is 738 g/mol. The van der Waals surface area contributed by atoms with Gasteiger partial charge in [-0.15, -0.1) is 0 Å². The van der Waals surface area contributed by atoms with E-state index in [1.807, 2.05) is 12.1 Å². The molecule has 1 nitrogen and oxygen atoms in total. The van der Waals surface area contributed by atoms with Crippen LogP contribution in [0.4, 0.5) is 0 Å². The van der Waals surface area contributed by atoms with Gasteiger partial charge in [0, 0.05) is 16.2 Å². The minimum atomic E-state index is -0.118. The van der Waals surface area contributed by atoms with Gasteiger partial charge >= 0.3 is 0 Å². The Hall–Kier alpha value is -7.22. The van der Waals surface area contributed by atoms with Gasteiger partial charge in [-0.1, -0.05) is 178 Å². The number of furan rings is 1. The lowest BCUT2D eigenvalue weighted by Crippen LogP contribution is -2.16. The molecule has 0 saturated carbocycles. The quantitative estimate of drug-likeness (QED) is 0.164. The normalized spacial score (nSPS) is 13.1. The Morgan fingerprint density at radius 2 is 0.810 bits per heavy atom. The summed E-state index contributed by atoms with van der Waals surface area (Å²) in [4.78, 5) is 0. The van der Waals surface area contributed by atoms with E-state index in [1.54, 1.807) is 0 Å². The zero-order valence-corrected chi connectivity index (χ0v) is 32.4. The summed E-state index contributed by atoms with van der Waals surface area (Å²) in [5, 5.41) is 9.92. The molecule has 0 fully saturated rings. The van der Waals surface area contributed by atoms with Gasteiger partial charge in [-0.2, -0.15) is 0 Å². The summed E-state index contributed by atoms with van der Waals surface area (Å²) in [6, 6.07) is 71.5. The predicted octanol–water partition coefficient (Wildman–Crippen LogP) is 16.0. The van der Waals surface area contributed by atoms with Gasteiger partial charge in [0.15, 0.2) is 0 Å². The van der Waals surface area contributed by atoms with Crippen LogP contribution in [-0.4, -0.2) is 0 Å². The Morgan fingerprint density at radius 1 is 0.328 bits per heavy atom. The lowest BCUT2D eigenvalue weighted by atomic mass is 9.78. The molecule has 0 amide bonds. The topological polar surface area (TPSA) is 13.1 Å². The molecule has 1 heteroatoms. The van der Waals surface area contributed by atoms with Gasteiger partial charge < -0.3 is 4.42 Å². The number of benzene rings is 10. The molecule has 0 bridgehead atoms. The molecule has 0 unspecified atom stereocenters. The van der Waals surface area contributed by atoms with Crippen molar-refractivity contribution in [2.75, 3.05) is 0 Å². The summed E-state index contributed by atoms with van der Waals surface area (Å²) in [6.07, 6.45) is 0. The van der Waals surface area contributed by atoms with Crippen LogP contribution in [0.2, 0.25) is 0 Å². The van der Waals surface area contributed by atoms with Gasteiger partial charge in [-0.25, -0.2) is 0 Å². The number of para-hydroxylation sites is 1. The fourth-order valence-corrected chi connectivity index (χ4v) is 10.1. The maximum atomic E-state index is 6.12. The first-order valence-electron chi connectivity index (χ1n) is 20.2. The standard InChI is InChI=1S/C57H38O/c1-57(2)51-34-40-13-4-3-12-39(40)32-49(51)48-20-11-19-42(56(48)57)36-24-28-38(29-25-36)55-46-17-7-5-15-44(46)54(45-16-6-8-18-47(45)55)37-26-22-35(23-27-37)41-30-31-53-50(33-41)43-14-9-10-21-52(43)58-53/h3-34H,1-2H3. The van der Waals surface area contributed by atoms with Gasteiger partial charge in [-0.3, -0.25) is 0 Å². The van der Waals surface area contributed by atoms with Crippen LogP contribution >= 0.6 is 0 Å². The highest BCUT2D eigenvalue weighted by molar-refractivity contribution is 6.21. The van der Waals surface area contributed by atoms with Gasteiger partial charge in [0.1, 0.15) is 11.2 Å². The van der Waals surface area contributed by atoms with Crippen LogP contribution in [0.25, 0.3) is 110 Å². The van der Waals surface area contributed by atoms with Gasteiger partial charge in [0.05, 0.1) is 0 Å². The van der Waals surface area contributed by atoms with Crippen LogP contribution in [0.1, 0.15) is 25.0 Å². The van der Waals surface area contributed by atoms with Crippen LogP contribution in [0.3, 0.4) is 0 Å². The third-order valence-electron chi connectivity index (χ3n) is 12.8. The molecule has 0 saturated heterocycles. The summed E-state index contributed by atoms with van der Waals surface area (Å²) in [5.74, 6) is 0. The number of hydrogen-bond donors (Lipinski definition) is 0. The highest BCUT2D eigenvalue weighted by Gasteiger charge is 2.37. The second-order valence-corrected chi connectivity index (χ2v) is 16.4. The molecule has 12 rings (SSSR count). The largest absolute Gasteiger partial charge is 0.456 e. The molecule has 0 spiro atoms. The highest BCUT2D eigenvalue weighted by atomic mass is 16.3. The molecular formula is C57H38O. The molecule has 1 aliphatic carbocycles. The van der Waals surface area contributed by atoms with E-state index in [1.165, 1.54) is 99.1 Å². The molecule has 0 N–H and O–H groups in total. The van der Waals surface area contributed by atoms with Crippen LogP contribution in [0.15, 0.2) is 199 Å². The summed E-state index contributed by atoms with van der Waals surface area (Å²) >= 11 is 0. The lowest BCUT2D eigenvalue weighted by Gasteiger charge is -2.25. The maximum Gasteiger partial charge on any atom is 0.135 e. The van der Waals surface area contributed by atoms with Crippen LogP contribution < -0.4 is 0 Å². The van der Waals surface area contributed by atoms with Crippen molar-refractivity contribution in [2.45, 2.75) is 19.3 Å². The zero-order valence-electron chi connectivity index (χ0n) is 32.4. The van der Waals surface area contributed by atoms with Crippen molar-refractivity contribution < 1.29 is 4.42 Å².